The van der Waals surface area contributed by atoms with E-state index in [1.54, 1.807) is 0 Å². The molecule has 3 rings (SSSR count). The molecule has 4 nitrogen and oxygen atoms in total. The maximum atomic E-state index is 13.0. The molecule has 1 saturated carbocycles. The Labute approximate surface area is 137 Å². The highest BCUT2D eigenvalue weighted by atomic mass is 16.4. The average Bonchev–Trinajstić information content (AvgIpc) is 2.49. The van der Waals surface area contributed by atoms with E-state index in [-0.39, 0.29) is 17.2 Å². The largest absolute Gasteiger partial charge is 0.477 e. The molecule has 0 amide bonds. The van der Waals surface area contributed by atoms with Crippen LogP contribution in [0.1, 0.15) is 91.0 Å². The molecule has 126 valence electrons. The van der Waals surface area contributed by atoms with Crippen LogP contribution < -0.4 is 5.56 Å². The molecule has 0 aromatic carbocycles. The standard InChI is InChI=1S/C19H27NO3/c1-13-15-11-7-2-3-8-12-16(15)20(14-9-5-4-6-10-14)18(21)17(13)19(22)23/h14H,2-12H2,1H3,(H,22,23). The predicted molar refractivity (Wildman–Crippen MR) is 90.4 cm³/mol. The minimum atomic E-state index is -1.07. The molecule has 1 N–H and O–H groups in total. The lowest BCUT2D eigenvalue weighted by atomic mass is 9.89. The van der Waals surface area contributed by atoms with E-state index in [1.165, 1.54) is 19.3 Å². The van der Waals surface area contributed by atoms with Gasteiger partial charge in [-0.3, -0.25) is 4.79 Å². The first-order valence-electron chi connectivity index (χ1n) is 9.11. The second-order valence-corrected chi connectivity index (χ2v) is 7.11. The minimum absolute atomic E-state index is 0.00916. The van der Waals surface area contributed by atoms with Crippen molar-refractivity contribution in [2.45, 2.75) is 83.6 Å². The van der Waals surface area contributed by atoms with E-state index in [0.29, 0.717) is 5.56 Å². The second kappa shape index (κ2) is 6.90. The van der Waals surface area contributed by atoms with Crippen molar-refractivity contribution in [3.05, 3.63) is 32.7 Å². The summed E-state index contributed by atoms with van der Waals surface area (Å²) in [7, 11) is 0. The number of carboxylic acid groups (broad SMARTS) is 1. The van der Waals surface area contributed by atoms with Crippen molar-refractivity contribution < 1.29 is 9.90 Å². The zero-order valence-electron chi connectivity index (χ0n) is 14.1. The third-order valence-corrected chi connectivity index (χ3v) is 5.64. The molecular formula is C19H27NO3. The summed E-state index contributed by atoms with van der Waals surface area (Å²) in [5.74, 6) is -1.07. The molecule has 0 bridgehead atoms. The fraction of sp³-hybridized carbons (Fsp3) is 0.684. The van der Waals surface area contributed by atoms with Crippen molar-refractivity contribution in [1.29, 1.82) is 0 Å². The molecule has 23 heavy (non-hydrogen) atoms. The number of aromatic nitrogens is 1. The van der Waals surface area contributed by atoms with Gasteiger partial charge in [0.05, 0.1) is 0 Å². The molecule has 1 heterocycles. The molecule has 0 unspecified atom stereocenters. The van der Waals surface area contributed by atoms with Crippen molar-refractivity contribution in [3.63, 3.8) is 0 Å². The number of carbonyl (C=O) groups is 1. The van der Waals surface area contributed by atoms with Gasteiger partial charge in [-0.15, -0.1) is 0 Å². The summed E-state index contributed by atoms with van der Waals surface area (Å²) in [5, 5.41) is 9.58. The highest BCUT2D eigenvalue weighted by Gasteiger charge is 2.27. The van der Waals surface area contributed by atoms with Gasteiger partial charge in [-0.05, 0) is 56.6 Å². The van der Waals surface area contributed by atoms with Crippen molar-refractivity contribution in [2.75, 3.05) is 0 Å². The summed E-state index contributed by atoms with van der Waals surface area (Å²) in [6, 6.07) is 0.197. The predicted octanol–water partition coefficient (Wildman–Crippen LogP) is 4.02. The fourth-order valence-corrected chi connectivity index (χ4v) is 4.44. The third-order valence-electron chi connectivity index (χ3n) is 5.64. The number of hydrogen-bond donors (Lipinski definition) is 1. The van der Waals surface area contributed by atoms with Gasteiger partial charge in [0.15, 0.2) is 0 Å². The molecule has 0 spiro atoms. The number of hydrogen-bond acceptors (Lipinski definition) is 2. The fourth-order valence-electron chi connectivity index (χ4n) is 4.44. The van der Waals surface area contributed by atoms with Crippen LogP contribution in [0.3, 0.4) is 0 Å². The van der Waals surface area contributed by atoms with E-state index in [4.69, 9.17) is 0 Å². The Morgan fingerprint density at radius 2 is 1.61 bits per heavy atom. The summed E-state index contributed by atoms with van der Waals surface area (Å²) in [5.41, 5.74) is 2.75. The number of fused-ring (bicyclic) bond motifs is 1. The molecule has 0 saturated heterocycles. The van der Waals surface area contributed by atoms with Crippen LogP contribution in [0.5, 0.6) is 0 Å². The molecule has 4 heteroatoms. The maximum absolute atomic E-state index is 13.0. The van der Waals surface area contributed by atoms with Crippen molar-refractivity contribution >= 4 is 5.97 Å². The highest BCUT2D eigenvalue weighted by molar-refractivity contribution is 5.89. The molecule has 0 aliphatic heterocycles. The summed E-state index contributed by atoms with van der Waals surface area (Å²) >= 11 is 0. The lowest BCUT2D eigenvalue weighted by Gasteiger charge is -2.30. The number of carboxylic acids is 1. The number of rotatable bonds is 2. The monoisotopic (exact) mass is 317 g/mol. The van der Waals surface area contributed by atoms with E-state index in [1.807, 2.05) is 11.5 Å². The van der Waals surface area contributed by atoms with Gasteiger partial charge in [0.25, 0.3) is 5.56 Å². The summed E-state index contributed by atoms with van der Waals surface area (Å²) < 4.78 is 1.90. The van der Waals surface area contributed by atoms with Gasteiger partial charge in [-0.25, -0.2) is 4.79 Å². The van der Waals surface area contributed by atoms with E-state index < -0.39 is 5.97 Å². The topological polar surface area (TPSA) is 59.3 Å². The van der Waals surface area contributed by atoms with E-state index in [2.05, 4.69) is 0 Å². The van der Waals surface area contributed by atoms with Crippen LogP contribution in [0.2, 0.25) is 0 Å². The van der Waals surface area contributed by atoms with E-state index >= 15 is 0 Å². The Morgan fingerprint density at radius 1 is 1.00 bits per heavy atom. The average molecular weight is 317 g/mol. The lowest BCUT2D eigenvalue weighted by Crippen LogP contribution is -2.35. The Balaban J connectivity index is 2.22. The first kappa shape index (κ1) is 16.3. The SMILES string of the molecule is Cc1c2c(n(C3CCCCC3)c(=O)c1C(=O)O)CCCCCC2. The van der Waals surface area contributed by atoms with Gasteiger partial charge in [0.1, 0.15) is 5.56 Å². The van der Waals surface area contributed by atoms with Gasteiger partial charge >= 0.3 is 5.97 Å². The van der Waals surface area contributed by atoms with Crippen LogP contribution in [0.4, 0.5) is 0 Å². The number of aromatic carboxylic acids is 1. The zero-order chi connectivity index (χ0) is 16.4. The van der Waals surface area contributed by atoms with Crippen LogP contribution in [0, 0.1) is 6.92 Å². The Bertz CT molecular complexity index is 654. The lowest BCUT2D eigenvalue weighted by molar-refractivity contribution is 0.0692. The number of pyridine rings is 1. The van der Waals surface area contributed by atoms with Crippen LogP contribution in [-0.2, 0) is 12.8 Å². The van der Waals surface area contributed by atoms with Gasteiger partial charge in [0, 0.05) is 11.7 Å². The quantitative estimate of drug-likeness (QED) is 0.896. The highest BCUT2D eigenvalue weighted by Crippen LogP contribution is 2.32. The molecule has 0 radical (unpaired) electrons. The zero-order valence-corrected chi connectivity index (χ0v) is 14.1. The molecule has 2 aliphatic carbocycles. The first-order valence-corrected chi connectivity index (χ1v) is 9.11. The molecule has 1 aromatic heterocycles. The Kier molecular flexibility index (Phi) is 4.88. The van der Waals surface area contributed by atoms with Gasteiger partial charge in [-0.2, -0.15) is 0 Å². The van der Waals surface area contributed by atoms with Crippen LogP contribution >= 0.6 is 0 Å². The molecule has 1 fully saturated rings. The van der Waals surface area contributed by atoms with Gasteiger partial charge < -0.3 is 9.67 Å². The van der Waals surface area contributed by atoms with Crippen LogP contribution in [0.25, 0.3) is 0 Å². The molecular weight excluding hydrogens is 290 g/mol. The minimum Gasteiger partial charge on any atom is -0.477 e. The summed E-state index contributed by atoms with van der Waals surface area (Å²) in [6.45, 7) is 1.83. The number of nitrogens with zero attached hydrogens (tertiary/aromatic N) is 1. The summed E-state index contributed by atoms with van der Waals surface area (Å²) in [4.78, 5) is 24.7. The Morgan fingerprint density at radius 3 is 2.26 bits per heavy atom. The van der Waals surface area contributed by atoms with E-state index in [9.17, 15) is 14.7 Å². The normalized spacial score (nSPS) is 19.7. The van der Waals surface area contributed by atoms with Crippen molar-refractivity contribution in [3.8, 4) is 0 Å². The molecule has 1 aromatic rings. The third kappa shape index (κ3) is 3.08. The van der Waals surface area contributed by atoms with Crippen molar-refractivity contribution in [2.24, 2.45) is 0 Å². The van der Waals surface area contributed by atoms with Gasteiger partial charge in [0.2, 0.25) is 0 Å². The first-order chi connectivity index (χ1) is 11.1. The van der Waals surface area contributed by atoms with Gasteiger partial charge in [-0.1, -0.05) is 32.1 Å². The Hall–Kier alpha value is -1.58. The molecule has 0 atom stereocenters. The molecule has 2 aliphatic rings. The summed E-state index contributed by atoms with van der Waals surface area (Å²) in [6.07, 6.45) is 12.0. The van der Waals surface area contributed by atoms with Crippen molar-refractivity contribution in [1.82, 2.24) is 4.57 Å². The second-order valence-electron chi connectivity index (χ2n) is 7.11. The van der Waals surface area contributed by atoms with Crippen LogP contribution in [-0.4, -0.2) is 15.6 Å². The smallest absolute Gasteiger partial charge is 0.341 e. The van der Waals surface area contributed by atoms with Crippen LogP contribution in [0.15, 0.2) is 4.79 Å². The van der Waals surface area contributed by atoms with E-state index in [0.717, 1.165) is 62.6 Å². The maximum Gasteiger partial charge on any atom is 0.341 e.